The molecule has 1 aliphatic rings. The van der Waals surface area contributed by atoms with Crippen molar-refractivity contribution >= 4 is 14.4 Å². The molecule has 0 spiro atoms. The van der Waals surface area contributed by atoms with Crippen LogP contribution in [0, 0.1) is 0 Å². The van der Waals surface area contributed by atoms with Crippen molar-refractivity contribution in [3.05, 3.63) is 41.5 Å². The van der Waals surface area contributed by atoms with E-state index in [1.54, 1.807) is 0 Å². The zero-order chi connectivity index (χ0) is 16.5. The van der Waals surface area contributed by atoms with Gasteiger partial charge in [0, 0.05) is 18.7 Å². The largest absolute Gasteiger partial charge is 0.415 e. The normalized spacial score (nSPS) is 22.3. The van der Waals surface area contributed by atoms with Gasteiger partial charge >= 0.3 is 0 Å². The van der Waals surface area contributed by atoms with Gasteiger partial charge in [0.05, 0.1) is 0 Å². The van der Waals surface area contributed by atoms with Crippen LogP contribution in [0.25, 0.3) is 6.08 Å². The van der Waals surface area contributed by atoms with E-state index in [1.165, 1.54) is 16.7 Å². The average Bonchev–Trinajstić information content (AvgIpc) is 2.43. The summed E-state index contributed by atoms with van der Waals surface area (Å²) in [5, 5.41) is 3.97. The van der Waals surface area contributed by atoms with Crippen LogP contribution >= 0.6 is 0 Å². The average molecular weight is 318 g/mol. The first-order valence-electron chi connectivity index (χ1n) is 8.30. The highest BCUT2D eigenvalue weighted by Crippen LogP contribution is 2.37. The number of hydrogen-bond acceptors (Lipinski definition) is 2. The van der Waals surface area contributed by atoms with Crippen LogP contribution in [0.4, 0.5) is 0 Å². The molecular weight excluding hydrogens is 286 g/mol. The van der Waals surface area contributed by atoms with Crippen LogP contribution in [0.2, 0.25) is 18.1 Å². The van der Waals surface area contributed by atoms with Gasteiger partial charge in [-0.25, -0.2) is 0 Å². The summed E-state index contributed by atoms with van der Waals surface area (Å²) in [4.78, 5) is 0. The lowest BCUT2D eigenvalue weighted by Crippen LogP contribution is -2.47. The van der Waals surface area contributed by atoms with Gasteiger partial charge in [0.2, 0.25) is 0 Å². The molecule has 2 nitrogen and oxygen atoms in total. The van der Waals surface area contributed by atoms with Crippen LogP contribution in [-0.4, -0.2) is 21.0 Å². The Balaban J connectivity index is 2.12. The number of fused-ring (bicyclic) bond motifs is 1. The summed E-state index contributed by atoms with van der Waals surface area (Å²) < 4.78 is 6.42. The Morgan fingerprint density at radius 3 is 2.64 bits per heavy atom. The van der Waals surface area contributed by atoms with E-state index >= 15 is 0 Å². The van der Waals surface area contributed by atoms with Crippen LogP contribution in [0.5, 0.6) is 0 Å². The standard InChI is InChI=1S/C19H31NOSi/c1-8-15-10-9-11-17-14(2)20-16(12-18(15)17)13-21-22(6,7)19(3,4)5/h8-11,14,16,20H,1,12-13H2,2-7H3/t14-,16+/m0/s1. The maximum absolute atomic E-state index is 6.42. The highest BCUT2D eigenvalue weighted by atomic mass is 28.4. The molecule has 1 aliphatic heterocycles. The molecule has 1 N–H and O–H groups in total. The predicted octanol–water partition coefficient (Wildman–Crippen LogP) is 4.93. The van der Waals surface area contributed by atoms with E-state index in [0.717, 1.165) is 13.0 Å². The van der Waals surface area contributed by atoms with Crippen molar-refractivity contribution < 1.29 is 4.43 Å². The molecule has 1 aromatic rings. The molecule has 0 aromatic heterocycles. The van der Waals surface area contributed by atoms with Crippen molar-refractivity contribution in [3.8, 4) is 0 Å². The molecule has 0 amide bonds. The molecule has 1 heterocycles. The molecular formula is C19H31NOSi. The lowest BCUT2D eigenvalue weighted by atomic mass is 9.88. The highest BCUT2D eigenvalue weighted by molar-refractivity contribution is 6.74. The topological polar surface area (TPSA) is 21.3 Å². The summed E-state index contributed by atoms with van der Waals surface area (Å²) in [5.41, 5.74) is 4.11. The third-order valence-electron chi connectivity index (χ3n) is 5.32. The van der Waals surface area contributed by atoms with Crippen LogP contribution in [0.3, 0.4) is 0 Å². The second-order valence-corrected chi connectivity index (χ2v) is 12.8. The van der Waals surface area contributed by atoms with Crippen molar-refractivity contribution in [2.45, 2.75) is 64.3 Å². The van der Waals surface area contributed by atoms with Gasteiger partial charge < -0.3 is 9.74 Å². The third-order valence-corrected chi connectivity index (χ3v) is 9.82. The molecule has 0 fully saturated rings. The van der Waals surface area contributed by atoms with Crippen LogP contribution in [0.15, 0.2) is 24.8 Å². The van der Waals surface area contributed by atoms with E-state index in [1.807, 2.05) is 6.08 Å². The Bertz CT molecular complexity index is 545. The summed E-state index contributed by atoms with van der Waals surface area (Å²) in [6.45, 7) is 18.5. The minimum absolute atomic E-state index is 0.261. The smallest absolute Gasteiger partial charge is 0.192 e. The Kier molecular flexibility index (Phi) is 5.00. The van der Waals surface area contributed by atoms with E-state index in [0.29, 0.717) is 12.1 Å². The van der Waals surface area contributed by atoms with E-state index < -0.39 is 8.32 Å². The Morgan fingerprint density at radius 1 is 1.36 bits per heavy atom. The van der Waals surface area contributed by atoms with Gasteiger partial charge in [0.1, 0.15) is 0 Å². The summed E-state index contributed by atoms with van der Waals surface area (Å²) in [6.07, 6.45) is 3.00. The SMILES string of the molecule is C=Cc1cccc2c1C[C@H](CO[Si](C)(C)C(C)(C)C)N[C@H]2C. The molecule has 0 bridgehead atoms. The van der Waals surface area contributed by atoms with Gasteiger partial charge in [-0.1, -0.05) is 51.6 Å². The number of nitrogens with one attached hydrogen (secondary N) is 1. The van der Waals surface area contributed by atoms with Gasteiger partial charge in [0.15, 0.2) is 8.32 Å². The Labute approximate surface area is 137 Å². The van der Waals surface area contributed by atoms with Crippen molar-refractivity contribution in [2.75, 3.05) is 6.61 Å². The molecule has 122 valence electrons. The van der Waals surface area contributed by atoms with Crippen molar-refractivity contribution in [2.24, 2.45) is 0 Å². The highest BCUT2D eigenvalue weighted by Gasteiger charge is 2.38. The number of benzene rings is 1. The van der Waals surface area contributed by atoms with Gasteiger partial charge in [-0.05, 0) is 48.2 Å². The fourth-order valence-electron chi connectivity index (χ4n) is 2.84. The van der Waals surface area contributed by atoms with Crippen LogP contribution in [0.1, 0.15) is 50.4 Å². The summed E-state index contributed by atoms with van der Waals surface area (Å²) in [5.74, 6) is 0. The predicted molar refractivity (Wildman–Crippen MR) is 98.7 cm³/mol. The summed E-state index contributed by atoms with van der Waals surface area (Å²) in [6, 6.07) is 7.27. The zero-order valence-corrected chi connectivity index (χ0v) is 16.0. The molecule has 2 rings (SSSR count). The monoisotopic (exact) mass is 317 g/mol. The minimum atomic E-state index is -1.68. The zero-order valence-electron chi connectivity index (χ0n) is 15.0. The maximum Gasteiger partial charge on any atom is 0.192 e. The van der Waals surface area contributed by atoms with Crippen molar-refractivity contribution in [3.63, 3.8) is 0 Å². The molecule has 0 unspecified atom stereocenters. The second kappa shape index (κ2) is 6.30. The first-order chi connectivity index (χ1) is 10.2. The number of rotatable bonds is 4. The van der Waals surface area contributed by atoms with Gasteiger partial charge in [-0.15, -0.1) is 0 Å². The fraction of sp³-hybridized carbons (Fsp3) is 0.579. The molecule has 2 atom stereocenters. The summed E-state index contributed by atoms with van der Waals surface area (Å²) >= 11 is 0. The minimum Gasteiger partial charge on any atom is -0.415 e. The van der Waals surface area contributed by atoms with Crippen molar-refractivity contribution in [1.82, 2.24) is 5.32 Å². The van der Waals surface area contributed by atoms with Gasteiger partial charge in [0.25, 0.3) is 0 Å². The third kappa shape index (κ3) is 3.53. The molecule has 0 saturated heterocycles. The van der Waals surface area contributed by atoms with Crippen LogP contribution < -0.4 is 5.32 Å². The molecule has 0 aliphatic carbocycles. The molecule has 22 heavy (non-hydrogen) atoms. The quantitative estimate of drug-likeness (QED) is 0.795. The van der Waals surface area contributed by atoms with Crippen LogP contribution in [-0.2, 0) is 10.8 Å². The van der Waals surface area contributed by atoms with E-state index in [9.17, 15) is 0 Å². The van der Waals surface area contributed by atoms with E-state index in [4.69, 9.17) is 4.43 Å². The van der Waals surface area contributed by atoms with Crippen molar-refractivity contribution in [1.29, 1.82) is 0 Å². The first kappa shape index (κ1) is 17.5. The van der Waals surface area contributed by atoms with Gasteiger partial charge in [-0.2, -0.15) is 0 Å². The first-order valence-corrected chi connectivity index (χ1v) is 11.2. The number of hydrogen-bond donors (Lipinski definition) is 1. The molecule has 0 radical (unpaired) electrons. The van der Waals surface area contributed by atoms with E-state index in [-0.39, 0.29) is 5.04 Å². The molecule has 0 saturated carbocycles. The Morgan fingerprint density at radius 2 is 2.05 bits per heavy atom. The Hall–Kier alpha value is -0.903. The maximum atomic E-state index is 6.42. The van der Waals surface area contributed by atoms with Gasteiger partial charge in [-0.3, -0.25) is 0 Å². The fourth-order valence-corrected chi connectivity index (χ4v) is 3.89. The lowest BCUT2D eigenvalue weighted by molar-refractivity contribution is 0.227. The molecule has 1 aromatic carbocycles. The lowest BCUT2D eigenvalue weighted by Gasteiger charge is -2.39. The molecule has 3 heteroatoms. The summed E-state index contributed by atoms with van der Waals surface area (Å²) in [7, 11) is -1.68. The second-order valence-electron chi connectivity index (χ2n) is 7.98. The van der Waals surface area contributed by atoms with E-state index in [2.05, 4.69) is 70.9 Å².